The van der Waals surface area contributed by atoms with Crippen LogP contribution in [0.2, 0.25) is 0 Å². The van der Waals surface area contributed by atoms with E-state index in [1.807, 2.05) is 6.07 Å². The summed E-state index contributed by atoms with van der Waals surface area (Å²) in [6.07, 6.45) is 2.49. The Bertz CT molecular complexity index is 392. The van der Waals surface area contributed by atoms with Crippen LogP contribution in [-0.4, -0.2) is 31.1 Å². The normalized spacial score (nSPS) is 18.6. The van der Waals surface area contributed by atoms with Gasteiger partial charge in [0, 0.05) is 6.04 Å². The first-order valence-corrected chi connectivity index (χ1v) is 7.41. The van der Waals surface area contributed by atoms with E-state index in [1.165, 1.54) is 18.9 Å². The molecular weight excluding hydrogens is 275 g/mol. The number of rotatable bonds is 5. The van der Waals surface area contributed by atoms with Gasteiger partial charge in [-0.25, -0.2) is 4.39 Å². The van der Waals surface area contributed by atoms with Crippen LogP contribution in [0.4, 0.5) is 4.39 Å². The fourth-order valence-electron chi connectivity index (χ4n) is 2.87. The minimum absolute atomic E-state index is 0. The van der Waals surface area contributed by atoms with Crippen LogP contribution >= 0.6 is 12.4 Å². The third-order valence-electron chi connectivity index (χ3n) is 4.21. The van der Waals surface area contributed by atoms with Crippen LogP contribution in [0.15, 0.2) is 24.3 Å². The maximum atomic E-state index is 13.3. The number of halogens is 2. The largest absolute Gasteiger partial charge is 0.317 e. The summed E-state index contributed by atoms with van der Waals surface area (Å²) < 4.78 is 13.3. The van der Waals surface area contributed by atoms with Gasteiger partial charge in [-0.3, -0.25) is 4.90 Å². The van der Waals surface area contributed by atoms with Gasteiger partial charge >= 0.3 is 0 Å². The maximum Gasteiger partial charge on any atom is 0.123 e. The van der Waals surface area contributed by atoms with Crippen molar-refractivity contribution >= 4 is 12.4 Å². The minimum atomic E-state index is -0.133. The maximum absolute atomic E-state index is 13.3. The van der Waals surface area contributed by atoms with Gasteiger partial charge in [0.15, 0.2) is 0 Å². The number of likely N-dealkylation sites (tertiary alicyclic amines) is 1. The fourth-order valence-corrected chi connectivity index (χ4v) is 2.87. The highest BCUT2D eigenvalue weighted by molar-refractivity contribution is 5.85. The quantitative estimate of drug-likeness (QED) is 0.893. The Morgan fingerprint density at radius 1 is 1.35 bits per heavy atom. The predicted molar refractivity (Wildman–Crippen MR) is 84.9 cm³/mol. The first kappa shape index (κ1) is 17.4. The SMILES string of the molecule is CCNCC1CCN(C(C)c2cccc(F)c2)CC1.Cl. The van der Waals surface area contributed by atoms with Crippen LogP contribution in [-0.2, 0) is 0 Å². The molecule has 1 unspecified atom stereocenters. The molecule has 1 saturated heterocycles. The number of nitrogens with zero attached hydrogens (tertiary/aromatic N) is 1. The summed E-state index contributed by atoms with van der Waals surface area (Å²) >= 11 is 0. The van der Waals surface area contributed by atoms with E-state index in [-0.39, 0.29) is 18.2 Å². The number of piperidine rings is 1. The van der Waals surface area contributed by atoms with E-state index in [2.05, 4.69) is 24.1 Å². The monoisotopic (exact) mass is 300 g/mol. The molecule has 1 heterocycles. The Kier molecular flexibility index (Phi) is 7.49. The summed E-state index contributed by atoms with van der Waals surface area (Å²) in [6.45, 7) is 8.76. The lowest BCUT2D eigenvalue weighted by atomic mass is 9.94. The predicted octanol–water partition coefficient (Wildman–Crippen LogP) is 3.63. The molecule has 1 fully saturated rings. The molecule has 0 saturated carbocycles. The molecule has 4 heteroatoms. The molecule has 1 aromatic rings. The Hall–Kier alpha value is -0.640. The third kappa shape index (κ3) is 4.72. The number of hydrogen-bond donors (Lipinski definition) is 1. The number of nitrogens with one attached hydrogen (secondary N) is 1. The van der Waals surface area contributed by atoms with Gasteiger partial charge in [0.25, 0.3) is 0 Å². The Morgan fingerprint density at radius 2 is 2.05 bits per heavy atom. The average molecular weight is 301 g/mol. The van der Waals surface area contributed by atoms with Crippen molar-refractivity contribution in [2.24, 2.45) is 5.92 Å². The Balaban J connectivity index is 0.00000200. The van der Waals surface area contributed by atoms with E-state index in [9.17, 15) is 4.39 Å². The lowest BCUT2D eigenvalue weighted by molar-refractivity contribution is 0.140. The highest BCUT2D eigenvalue weighted by Crippen LogP contribution is 2.26. The van der Waals surface area contributed by atoms with E-state index in [0.717, 1.165) is 37.7 Å². The van der Waals surface area contributed by atoms with Crippen molar-refractivity contribution in [3.63, 3.8) is 0 Å². The van der Waals surface area contributed by atoms with Gasteiger partial charge in [0.1, 0.15) is 5.82 Å². The van der Waals surface area contributed by atoms with Crippen molar-refractivity contribution in [1.29, 1.82) is 0 Å². The Labute approximate surface area is 128 Å². The molecule has 20 heavy (non-hydrogen) atoms. The minimum Gasteiger partial charge on any atom is -0.317 e. The zero-order valence-electron chi connectivity index (χ0n) is 12.4. The van der Waals surface area contributed by atoms with Gasteiger partial charge in [0.2, 0.25) is 0 Å². The molecule has 0 aromatic heterocycles. The van der Waals surface area contributed by atoms with E-state index in [1.54, 1.807) is 12.1 Å². The highest BCUT2D eigenvalue weighted by Gasteiger charge is 2.23. The summed E-state index contributed by atoms with van der Waals surface area (Å²) in [4.78, 5) is 2.47. The van der Waals surface area contributed by atoms with E-state index in [0.29, 0.717) is 6.04 Å². The van der Waals surface area contributed by atoms with Crippen LogP contribution in [0.5, 0.6) is 0 Å². The van der Waals surface area contributed by atoms with Crippen LogP contribution in [0.1, 0.15) is 38.3 Å². The molecule has 114 valence electrons. The second-order valence-corrected chi connectivity index (χ2v) is 5.52. The smallest absolute Gasteiger partial charge is 0.123 e. The summed E-state index contributed by atoms with van der Waals surface area (Å²) in [7, 11) is 0. The molecular formula is C16H26ClFN2. The molecule has 0 radical (unpaired) electrons. The second kappa shape index (κ2) is 8.60. The molecule has 1 N–H and O–H groups in total. The van der Waals surface area contributed by atoms with Crippen LogP contribution in [0.3, 0.4) is 0 Å². The van der Waals surface area contributed by atoms with Crippen molar-refractivity contribution in [2.75, 3.05) is 26.2 Å². The van der Waals surface area contributed by atoms with E-state index in [4.69, 9.17) is 0 Å². The van der Waals surface area contributed by atoms with Crippen molar-refractivity contribution in [1.82, 2.24) is 10.2 Å². The molecule has 0 amide bonds. The molecule has 2 rings (SSSR count). The van der Waals surface area contributed by atoms with Crippen LogP contribution in [0.25, 0.3) is 0 Å². The van der Waals surface area contributed by atoms with Gasteiger partial charge in [-0.05, 0) is 69.6 Å². The van der Waals surface area contributed by atoms with Crippen molar-refractivity contribution < 1.29 is 4.39 Å². The van der Waals surface area contributed by atoms with Crippen LogP contribution in [0, 0.1) is 11.7 Å². The molecule has 1 atom stereocenters. The number of hydrogen-bond acceptors (Lipinski definition) is 2. The topological polar surface area (TPSA) is 15.3 Å². The van der Waals surface area contributed by atoms with Crippen molar-refractivity contribution in [3.8, 4) is 0 Å². The third-order valence-corrected chi connectivity index (χ3v) is 4.21. The van der Waals surface area contributed by atoms with Gasteiger partial charge in [0.05, 0.1) is 0 Å². The molecule has 1 aromatic carbocycles. The number of benzene rings is 1. The highest BCUT2D eigenvalue weighted by atomic mass is 35.5. The first-order chi connectivity index (χ1) is 9.20. The van der Waals surface area contributed by atoms with Crippen molar-refractivity contribution in [2.45, 2.75) is 32.7 Å². The lowest BCUT2D eigenvalue weighted by Crippen LogP contribution is -2.38. The van der Waals surface area contributed by atoms with Gasteiger partial charge < -0.3 is 5.32 Å². The molecule has 2 nitrogen and oxygen atoms in total. The average Bonchev–Trinajstić information content (AvgIpc) is 2.45. The molecule has 1 aliphatic rings. The molecule has 0 spiro atoms. The summed E-state index contributed by atoms with van der Waals surface area (Å²) in [6, 6.07) is 7.32. The first-order valence-electron chi connectivity index (χ1n) is 7.41. The van der Waals surface area contributed by atoms with E-state index < -0.39 is 0 Å². The standard InChI is InChI=1S/C16H25FN2.ClH/c1-3-18-12-14-7-9-19(10-8-14)13(2)15-5-4-6-16(17)11-15;/h4-6,11,13-14,18H,3,7-10,12H2,1-2H3;1H. The fraction of sp³-hybridized carbons (Fsp3) is 0.625. The molecule has 0 bridgehead atoms. The second-order valence-electron chi connectivity index (χ2n) is 5.52. The zero-order chi connectivity index (χ0) is 13.7. The molecule has 0 aliphatic carbocycles. The Morgan fingerprint density at radius 3 is 2.65 bits per heavy atom. The lowest BCUT2D eigenvalue weighted by Gasteiger charge is -2.36. The van der Waals surface area contributed by atoms with Gasteiger partial charge in [-0.1, -0.05) is 19.1 Å². The summed E-state index contributed by atoms with van der Waals surface area (Å²) in [5.74, 6) is 0.669. The van der Waals surface area contributed by atoms with Crippen molar-refractivity contribution in [3.05, 3.63) is 35.6 Å². The van der Waals surface area contributed by atoms with Crippen LogP contribution < -0.4 is 5.32 Å². The van der Waals surface area contributed by atoms with Gasteiger partial charge in [-0.15, -0.1) is 12.4 Å². The van der Waals surface area contributed by atoms with Gasteiger partial charge in [-0.2, -0.15) is 0 Å². The zero-order valence-corrected chi connectivity index (χ0v) is 13.3. The molecule has 1 aliphatic heterocycles. The van der Waals surface area contributed by atoms with E-state index >= 15 is 0 Å². The summed E-state index contributed by atoms with van der Waals surface area (Å²) in [5, 5.41) is 3.43. The summed E-state index contributed by atoms with van der Waals surface area (Å²) in [5.41, 5.74) is 1.09.